The molecule has 1 atom stereocenters. The summed E-state index contributed by atoms with van der Waals surface area (Å²) in [5.74, 6) is 0.932. The van der Waals surface area contributed by atoms with Crippen LogP contribution in [0.5, 0.6) is 0 Å². The van der Waals surface area contributed by atoms with Crippen LogP contribution in [-0.4, -0.2) is 19.8 Å². The zero-order chi connectivity index (χ0) is 8.39. The Hall–Kier alpha value is -0.320. The lowest BCUT2D eigenvalue weighted by atomic mass is 10.2. The maximum absolute atomic E-state index is 5.31. The molecular formula is C8H10BrNO2. The molecule has 12 heavy (non-hydrogen) atoms. The lowest BCUT2D eigenvalue weighted by Crippen LogP contribution is -2.34. The van der Waals surface area contributed by atoms with Crippen molar-refractivity contribution in [3.8, 4) is 0 Å². The summed E-state index contributed by atoms with van der Waals surface area (Å²) in [6, 6.07) is 2.18. The van der Waals surface area contributed by atoms with Crippen molar-refractivity contribution < 1.29 is 9.15 Å². The summed E-state index contributed by atoms with van der Waals surface area (Å²) in [4.78, 5) is 0. The molecule has 1 aliphatic rings. The van der Waals surface area contributed by atoms with E-state index in [1.807, 2.05) is 6.07 Å². The van der Waals surface area contributed by atoms with Gasteiger partial charge in [-0.1, -0.05) is 0 Å². The minimum atomic E-state index is 0.213. The van der Waals surface area contributed by atoms with Gasteiger partial charge in [0.05, 0.1) is 23.7 Å². The quantitative estimate of drug-likeness (QED) is 0.800. The Balaban J connectivity index is 2.08. The predicted octanol–water partition coefficient (Wildman–Crippen LogP) is 1.70. The van der Waals surface area contributed by atoms with Gasteiger partial charge in [0, 0.05) is 6.54 Å². The smallest absolute Gasteiger partial charge is 0.124 e. The van der Waals surface area contributed by atoms with Crippen molar-refractivity contribution in [2.75, 3.05) is 19.8 Å². The molecule has 66 valence electrons. The van der Waals surface area contributed by atoms with Crippen LogP contribution in [0.1, 0.15) is 11.8 Å². The highest BCUT2D eigenvalue weighted by molar-refractivity contribution is 9.10. The first-order chi connectivity index (χ1) is 5.86. The normalized spacial score (nSPS) is 24.2. The fourth-order valence-corrected chi connectivity index (χ4v) is 1.58. The summed E-state index contributed by atoms with van der Waals surface area (Å²) in [7, 11) is 0. The summed E-state index contributed by atoms with van der Waals surface area (Å²) >= 11 is 3.34. The van der Waals surface area contributed by atoms with Crippen LogP contribution in [0.2, 0.25) is 0 Å². The lowest BCUT2D eigenvalue weighted by Gasteiger charge is -2.21. The van der Waals surface area contributed by atoms with E-state index < -0.39 is 0 Å². The molecule has 0 aromatic carbocycles. The van der Waals surface area contributed by atoms with Crippen LogP contribution in [0.15, 0.2) is 21.2 Å². The SMILES string of the molecule is Brc1coc([C@H]2COCCN2)c1. The molecule has 0 bridgehead atoms. The van der Waals surface area contributed by atoms with E-state index in [1.165, 1.54) is 0 Å². The Bertz CT molecular complexity index is 255. The van der Waals surface area contributed by atoms with E-state index in [0.717, 1.165) is 23.4 Å². The third kappa shape index (κ3) is 1.71. The highest BCUT2D eigenvalue weighted by Crippen LogP contribution is 2.21. The molecule has 2 rings (SSSR count). The summed E-state index contributed by atoms with van der Waals surface area (Å²) in [5, 5.41) is 3.31. The average molecular weight is 232 g/mol. The van der Waals surface area contributed by atoms with Gasteiger partial charge in [0.2, 0.25) is 0 Å². The van der Waals surface area contributed by atoms with Crippen LogP contribution in [0.25, 0.3) is 0 Å². The minimum Gasteiger partial charge on any atom is -0.466 e. The highest BCUT2D eigenvalue weighted by Gasteiger charge is 2.17. The fraction of sp³-hybridized carbons (Fsp3) is 0.500. The summed E-state index contributed by atoms with van der Waals surface area (Å²) in [6.07, 6.45) is 1.69. The van der Waals surface area contributed by atoms with E-state index in [4.69, 9.17) is 9.15 Å². The first-order valence-electron chi connectivity index (χ1n) is 3.91. The zero-order valence-electron chi connectivity index (χ0n) is 6.55. The van der Waals surface area contributed by atoms with Crippen LogP contribution >= 0.6 is 15.9 Å². The summed E-state index contributed by atoms with van der Waals surface area (Å²) < 4.78 is 11.6. The van der Waals surface area contributed by atoms with Gasteiger partial charge in [0.15, 0.2) is 0 Å². The van der Waals surface area contributed by atoms with Crippen molar-refractivity contribution in [1.29, 1.82) is 0 Å². The molecule has 0 amide bonds. The van der Waals surface area contributed by atoms with Crippen molar-refractivity contribution in [3.05, 3.63) is 22.6 Å². The Morgan fingerprint density at radius 2 is 2.50 bits per heavy atom. The average Bonchev–Trinajstić information content (AvgIpc) is 2.54. The molecular weight excluding hydrogens is 222 g/mol. The molecule has 0 spiro atoms. The van der Waals surface area contributed by atoms with E-state index in [-0.39, 0.29) is 6.04 Å². The van der Waals surface area contributed by atoms with Crippen LogP contribution in [0, 0.1) is 0 Å². The number of furan rings is 1. The van der Waals surface area contributed by atoms with Gasteiger partial charge in [0.1, 0.15) is 12.0 Å². The lowest BCUT2D eigenvalue weighted by molar-refractivity contribution is 0.0699. The van der Waals surface area contributed by atoms with Crippen LogP contribution in [0.3, 0.4) is 0 Å². The standard InChI is InChI=1S/C8H10BrNO2/c9-6-3-8(12-4-6)7-5-11-2-1-10-7/h3-4,7,10H,1-2,5H2/t7-/m1/s1. The first kappa shape index (κ1) is 8.29. The number of nitrogens with one attached hydrogen (secondary N) is 1. The molecule has 1 fully saturated rings. The van der Waals surface area contributed by atoms with Gasteiger partial charge in [0.25, 0.3) is 0 Å². The van der Waals surface area contributed by atoms with Gasteiger partial charge in [-0.2, -0.15) is 0 Å². The van der Waals surface area contributed by atoms with Crippen molar-refractivity contribution in [2.24, 2.45) is 0 Å². The number of morpholine rings is 1. The molecule has 4 heteroatoms. The van der Waals surface area contributed by atoms with Crippen molar-refractivity contribution in [3.63, 3.8) is 0 Å². The van der Waals surface area contributed by atoms with Crippen molar-refractivity contribution in [2.45, 2.75) is 6.04 Å². The number of hydrogen-bond acceptors (Lipinski definition) is 3. The van der Waals surface area contributed by atoms with Crippen LogP contribution in [-0.2, 0) is 4.74 Å². The monoisotopic (exact) mass is 231 g/mol. The Labute approximate surface area is 79.2 Å². The molecule has 1 aromatic rings. The third-order valence-corrected chi connectivity index (χ3v) is 2.27. The number of halogens is 1. The van der Waals surface area contributed by atoms with Gasteiger partial charge in [-0.05, 0) is 22.0 Å². The number of rotatable bonds is 1. The molecule has 1 saturated heterocycles. The Morgan fingerprint density at radius 1 is 1.58 bits per heavy atom. The topological polar surface area (TPSA) is 34.4 Å². The van der Waals surface area contributed by atoms with Crippen LogP contribution < -0.4 is 5.32 Å². The highest BCUT2D eigenvalue weighted by atomic mass is 79.9. The second-order valence-electron chi connectivity index (χ2n) is 2.75. The zero-order valence-corrected chi connectivity index (χ0v) is 8.13. The Morgan fingerprint density at radius 3 is 3.08 bits per heavy atom. The number of hydrogen-bond donors (Lipinski definition) is 1. The molecule has 1 N–H and O–H groups in total. The van der Waals surface area contributed by atoms with E-state index >= 15 is 0 Å². The minimum absolute atomic E-state index is 0.213. The summed E-state index contributed by atoms with van der Waals surface area (Å²) in [5.41, 5.74) is 0. The maximum Gasteiger partial charge on any atom is 0.124 e. The van der Waals surface area contributed by atoms with E-state index in [0.29, 0.717) is 6.61 Å². The molecule has 2 heterocycles. The molecule has 0 radical (unpaired) electrons. The van der Waals surface area contributed by atoms with Gasteiger partial charge in [-0.25, -0.2) is 0 Å². The van der Waals surface area contributed by atoms with Crippen LogP contribution in [0.4, 0.5) is 0 Å². The van der Waals surface area contributed by atoms with Crippen molar-refractivity contribution in [1.82, 2.24) is 5.32 Å². The Kier molecular flexibility index (Phi) is 2.48. The second-order valence-corrected chi connectivity index (χ2v) is 3.66. The van der Waals surface area contributed by atoms with Gasteiger partial charge in [-0.3, -0.25) is 0 Å². The fourth-order valence-electron chi connectivity index (χ4n) is 1.26. The molecule has 0 unspecified atom stereocenters. The predicted molar refractivity (Wildman–Crippen MR) is 48.0 cm³/mol. The summed E-state index contributed by atoms with van der Waals surface area (Å²) in [6.45, 7) is 2.38. The third-order valence-electron chi connectivity index (χ3n) is 1.85. The molecule has 1 aliphatic heterocycles. The van der Waals surface area contributed by atoms with E-state index in [2.05, 4.69) is 21.2 Å². The molecule has 0 aliphatic carbocycles. The van der Waals surface area contributed by atoms with E-state index in [9.17, 15) is 0 Å². The first-order valence-corrected chi connectivity index (χ1v) is 4.70. The second kappa shape index (κ2) is 3.60. The largest absolute Gasteiger partial charge is 0.466 e. The van der Waals surface area contributed by atoms with Gasteiger partial charge >= 0.3 is 0 Å². The molecule has 1 aromatic heterocycles. The maximum atomic E-state index is 5.31. The van der Waals surface area contributed by atoms with E-state index in [1.54, 1.807) is 6.26 Å². The molecule has 0 saturated carbocycles. The van der Waals surface area contributed by atoms with Gasteiger partial charge < -0.3 is 14.5 Å². The van der Waals surface area contributed by atoms with Crippen molar-refractivity contribution >= 4 is 15.9 Å². The number of ether oxygens (including phenoxy) is 1. The molecule has 3 nitrogen and oxygen atoms in total. The van der Waals surface area contributed by atoms with Gasteiger partial charge in [-0.15, -0.1) is 0 Å².